The van der Waals surface area contributed by atoms with Gasteiger partial charge in [-0.15, -0.1) is 0 Å². The van der Waals surface area contributed by atoms with Crippen LogP contribution in [0.5, 0.6) is 0 Å². The molecule has 0 saturated heterocycles. The molecule has 1 heterocycles. The largest absolute Gasteiger partial charge is 0.278 e. The molecule has 0 aliphatic rings. The molecule has 0 radical (unpaired) electrons. The molecule has 1 aromatic heterocycles. The van der Waals surface area contributed by atoms with Crippen LogP contribution in [-0.4, -0.2) is 10.7 Å². The number of hydrogen-bond acceptors (Lipinski definition) is 3. The number of halogens is 1. The van der Waals surface area contributed by atoms with Gasteiger partial charge in [-0.2, -0.15) is 5.10 Å². The molecule has 3 nitrogen and oxygen atoms in total. The summed E-state index contributed by atoms with van der Waals surface area (Å²) in [6.07, 6.45) is 1.77. The van der Waals surface area contributed by atoms with Crippen LogP contribution in [0.1, 0.15) is 11.3 Å². The van der Waals surface area contributed by atoms with Gasteiger partial charge < -0.3 is 0 Å². The predicted molar refractivity (Wildman–Crippen MR) is 94.1 cm³/mol. The third-order valence-corrected chi connectivity index (χ3v) is 3.62. The van der Waals surface area contributed by atoms with E-state index in [1.54, 1.807) is 6.20 Å². The minimum Gasteiger partial charge on any atom is -0.278 e. The minimum absolute atomic E-state index is 0.809. The van der Waals surface area contributed by atoms with Gasteiger partial charge in [-0.05, 0) is 36.4 Å². The maximum Gasteiger partial charge on any atom is 0.116 e. The molecule has 3 rings (SSSR count). The third kappa shape index (κ3) is 3.59. The molecular formula is C18H14BrN3. The number of nitrogens with zero attached hydrogens (tertiary/aromatic N) is 2. The number of hydrazone groups is 1. The molecule has 3 aromatic rings. The first-order chi connectivity index (χ1) is 10.8. The van der Waals surface area contributed by atoms with Crippen LogP contribution in [0.25, 0.3) is 0 Å². The van der Waals surface area contributed by atoms with Crippen LogP contribution in [0, 0.1) is 0 Å². The highest BCUT2D eigenvalue weighted by Gasteiger charge is 2.07. The van der Waals surface area contributed by atoms with Crippen LogP contribution in [0.4, 0.5) is 5.69 Å². The zero-order valence-corrected chi connectivity index (χ0v) is 13.4. The van der Waals surface area contributed by atoms with Gasteiger partial charge in [0.2, 0.25) is 0 Å². The molecule has 0 saturated carbocycles. The molecule has 0 aliphatic heterocycles. The second kappa shape index (κ2) is 7.00. The van der Waals surface area contributed by atoms with Gasteiger partial charge >= 0.3 is 0 Å². The highest BCUT2D eigenvalue weighted by atomic mass is 79.9. The molecule has 0 aliphatic carbocycles. The van der Waals surface area contributed by atoms with Crippen molar-refractivity contribution >= 4 is 27.3 Å². The molecule has 4 heteroatoms. The SMILES string of the molecule is Brc1ccc(N/N=C(/c2ccccc2)c2ccccn2)cc1. The van der Waals surface area contributed by atoms with E-state index >= 15 is 0 Å². The molecule has 0 atom stereocenters. The summed E-state index contributed by atoms with van der Waals surface area (Å²) in [5.74, 6) is 0. The van der Waals surface area contributed by atoms with Gasteiger partial charge in [-0.1, -0.05) is 52.3 Å². The summed E-state index contributed by atoms with van der Waals surface area (Å²) in [5.41, 5.74) is 6.68. The second-order valence-electron chi connectivity index (χ2n) is 4.66. The molecule has 1 N–H and O–H groups in total. The molecule has 0 spiro atoms. The van der Waals surface area contributed by atoms with Crippen LogP contribution < -0.4 is 5.43 Å². The summed E-state index contributed by atoms with van der Waals surface area (Å²) in [7, 11) is 0. The van der Waals surface area contributed by atoms with Crippen molar-refractivity contribution in [2.75, 3.05) is 5.43 Å². The Hall–Kier alpha value is -2.46. The zero-order chi connectivity index (χ0) is 15.2. The van der Waals surface area contributed by atoms with Crippen LogP contribution in [0.2, 0.25) is 0 Å². The van der Waals surface area contributed by atoms with Crippen LogP contribution in [0.15, 0.2) is 88.6 Å². The van der Waals surface area contributed by atoms with Crippen LogP contribution in [-0.2, 0) is 0 Å². The number of rotatable bonds is 4. The predicted octanol–water partition coefficient (Wildman–Crippen LogP) is 4.71. The fraction of sp³-hybridized carbons (Fsp3) is 0. The Labute approximate surface area is 137 Å². The first-order valence-corrected chi connectivity index (χ1v) is 7.68. The number of pyridine rings is 1. The van der Waals surface area contributed by atoms with E-state index in [1.807, 2.05) is 72.8 Å². The topological polar surface area (TPSA) is 37.3 Å². The quantitative estimate of drug-likeness (QED) is 0.545. The van der Waals surface area contributed by atoms with E-state index in [0.717, 1.165) is 27.1 Å². The Morgan fingerprint density at radius 3 is 2.27 bits per heavy atom. The minimum atomic E-state index is 0.809. The van der Waals surface area contributed by atoms with Crippen LogP contribution in [0.3, 0.4) is 0 Å². The standard InChI is InChI=1S/C18H14BrN3/c19-15-9-11-16(12-10-15)21-22-18(14-6-2-1-3-7-14)17-8-4-5-13-20-17/h1-13,21H/b22-18-. The van der Waals surface area contributed by atoms with Gasteiger partial charge in [0.1, 0.15) is 5.71 Å². The van der Waals surface area contributed by atoms with Crippen LogP contribution >= 0.6 is 15.9 Å². The lowest BCUT2D eigenvalue weighted by Crippen LogP contribution is -2.08. The molecule has 0 amide bonds. The summed E-state index contributed by atoms with van der Waals surface area (Å²) >= 11 is 3.43. The first-order valence-electron chi connectivity index (χ1n) is 6.89. The van der Waals surface area contributed by atoms with Gasteiger partial charge in [-0.3, -0.25) is 10.4 Å². The lowest BCUT2D eigenvalue weighted by molar-refractivity contribution is 1.25. The Morgan fingerprint density at radius 1 is 0.864 bits per heavy atom. The fourth-order valence-corrected chi connectivity index (χ4v) is 2.28. The Bertz CT molecular complexity index is 712. The lowest BCUT2D eigenvalue weighted by Gasteiger charge is -2.07. The number of benzene rings is 2. The average molecular weight is 352 g/mol. The smallest absolute Gasteiger partial charge is 0.116 e. The second-order valence-corrected chi connectivity index (χ2v) is 5.58. The van der Waals surface area contributed by atoms with E-state index in [1.165, 1.54) is 0 Å². The molecular weight excluding hydrogens is 338 g/mol. The molecule has 22 heavy (non-hydrogen) atoms. The molecule has 0 unspecified atom stereocenters. The number of aromatic nitrogens is 1. The maximum atomic E-state index is 4.55. The van der Waals surface area contributed by atoms with Crippen molar-refractivity contribution in [2.45, 2.75) is 0 Å². The Kier molecular flexibility index (Phi) is 4.61. The Morgan fingerprint density at radius 2 is 1.59 bits per heavy atom. The monoisotopic (exact) mass is 351 g/mol. The Balaban J connectivity index is 1.95. The van der Waals surface area contributed by atoms with Crippen molar-refractivity contribution < 1.29 is 0 Å². The van der Waals surface area contributed by atoms with E-state index in [4.69, 9.17) is 0 Å². The summed E-state index contributed by atoms with van der Waals surface area (Å²) in [5, 5.41) is 4.55. The maximum absolute atomic E-state index is 4.55. The van der Waals surface area contributed by atoms with Gasteiger partial charge in [0.25, 0.3) is 0 Å². The van der Waals surface area contributed by atoms with E-state index < -0.39 is 0 Å². The lowest BCUT2D eigenvalue weighted by atomic mass is 10.1. The van der Waals surface area contributed by atoms with Crippen molar-refractivity contribution in [1.29, 1.82) is 0 Å². The van der Waals surface area contributed by atoms with Crippen molar-refractivity contribution in [3.05, 3.63) is 94.7 Å². The summed E-state index contributed by atoms with van der Waals surface area (Å²) in [6, 6.07) is 23.7. The number of nitrogens with one attached hydrogen (secondary N) is 1. The zero-order valence-electron chi connectivity index (χ0n) is 11.8. The molecule has 0 fully saturated rings. The highest BCUT2D eigenvalue weighted by Crippen LogP contribution is 2.15. The first kappa shape index (κ1) is 14.5. The summed E-state index contributed by atoms with van der Waals surface area (Å²) in [6.45, 7) is 0. The molecule has 108 valence electrons. The van der Waals surface area contributed by atoms with E-state index in [0.29, 0.717) is 0 Å². The van der Waals surface area contributed by atoms with E-state index in [2.05, 4.69) is 31.4 Å². The van der Waals surface area contributed by atoms with E-state index in [9.17, 15) is 0 Å². The highest BCUT2D eigenvalue weighted by molar-refractivity contribution is 9.10. The third-order valence-electron chi connectivity index (χ3n) is 3.10. The fourth-order valence-electron chi connectivity index (χ4n) is 2.01. The van der Waals surface area contributed by atoms with Gasteiger partial charge in [0.05, 0.1) is 11.4 Å². The average Bonchev–Trinajstić information content (AvgIpc) is 2.59. The van der Waals surface area contributed by atoms with Gasteiger partial charge in [-0.25, -0.2) is 0 Å². The normalized spacial score (nSPS) is 11.2. The summed E-state index contributed by atoms with van der Waals surface area (Å²) < 4.78 is 1.04. The molecule has 2 aromatic carbocycles. The molecule has 0 bridgehead atoms. The van der Waals surface area contributed by atoms with Crippen molar-refractivity contribution in [2.24, 2.45) is 5.10 Å². The summed E-state index contributed by atoms with van der Waals surface area (Å²) in [4.78, 5) is 4.40. The van der Waals surface area contributed by atoms with Crippen molar-refractivity contribution in [3.8, 4) is 0 Å². The van der Waals surface area contributed by atoms with Crippen molar-refractivity contribution in [3.63, 3.8) is 0 Å². The van der Waals surface area contributed by atoms with E-state index in [-0.39, 0.29) is 0 Å². The van der Waals surface area contributed by atoms with Gasteiger partial charge in [0, 0.05) is 16.2 Å². The van der Waals surface area contributed by atoms with Gasteiger partial charge in [0.15, 0.2) is 0 Å². The number of anilines is 1. The number of hydrogen-bond donors (Lipinski definition) is 1. The van der Waals surface area contributed by atoms with Crippen molar-refractivity contribution in [1.82, 2.24) is 4.98 Å².